The van der Waals surface area contributed by atoms with Crippen molar-refractivity contribution < 1.29 is 92.4 Å². The molecule has 144 heavy (non-hydrogen) atoms. The van der Waals surface area contributed by atoms with Crippen LogP contribution in [0.1, 0.15) is 324 Å². The topological polar surface area (TPSA) is 303 Å². The van der Waals surface area contributed by atoms with Gasteiger partial charge in [0.2, 0.25) is 0 Å². The van der Waals surface area contributed by atoms with Crippen molar-refractivity contribution in [3.8, 4) is 23.0 Å². The molecule has 0 atom stereocenters. The molecule has 16 rings (SSSR count). The number of likely N-dealkylation sites (tertiary alicyclic amines) is 4. The van der Waals surface area contributed by atoms with Crippen LogP contribution in [0.15, 0.2) is 123 Å². The lowest BCUT2D eigenvalue weighted by molar-refractivity contribution is -0.0503. The van der Waals surface area contributed by atoms with E-state index in [0.29, 0.717) is 154 Å². The van der Waals surface area contributed by atoms with E-state index in [9.17, 15) is 73.5 Å². The number of Topliss-reactive ketones (excluding diaryl/α,β-unsaturated/α-hetero) is 4. The molecule has 8 aromatic rings. The number of alkyl halides is 8. The standard InChI is InChI=1S/C29H38F2N4O3.2C27H34F2N4O3.C25H30F2N4O3/c1-26(2,3)9-8-22(36)19-14-21(18-32-16-19)35-24-23(38-28(6,7)27(35,4)5)15-20(17-33-24)25(37)34-12-10-29(30,31)11-13-34;1-25(2,3)7-6-21(34)18-12-20(16-30-14-18)33-23-22(36-17-26(33,4)5)13-19(15-31-23)24(35)32-10-8-27(28,29)9-11-32;1-25(2,3)7-6-21(34)18-12-20(16-30-14-18)33-17-26(4,5)36-22-13-19(15-31-23(22)33)24(35)32-10-8-27(28,29)9-11-32;1-24(2,3)5-4-20(32)17-12-19(16-28-14-17)31-10-11-34-21-13-18(15-29-22(21)31)23(33)30-8-6-25(26,27)7-9-30/h14-18H,8-13H2,1-7H3;2*12-16H,6-11,17H2,1-5H3;12-16H,4-11H2,1-3H3. The smallest absolute Gasteiger partial charge is 0.255 e. The van der Waals surface area contributed by atoms with Crippen LogP contribution in [0.2, 0.25) is 0 Å². The van der Waals surface area contributed by atoms with Gasteiger partial charge in [-0.05, 0) is 151 Å². The van der Waals surface area contributed by atoms with E-state index in [-0.39, 0.29) is 178 Å². The number of pyridine rings is 8. The number of hydrogen-bond acceptors (Lipinski definition) is 24. The maximum atomic E-state index is 13.6. The molecule has 0 radical (unpaired) electrons. The number of ketones is 4. The zero-order valence-corrected chi connectivity index (χ0v) is 86.4. The summed E-state index contributed by atoms with van der Waals surface area (Å²) in [5, 5.41) is 0. The summed E-state index contributed by atoms with van der Waals surface area (Å²) in [6, 6.07) is 13.8. The Labute approximate surface area is 838 Å². The SMILES string of the molecule is CC(C)(C)CCC(=O)c1cncc(N2CC(C)(C)Oc3cc(C(=O)N4CCC(F)(F)CC4)cnc32)c1.CC(C)(C)CCC(=O)c1cncc(N2CCOc3cc(C(=O)N4CCC(F)(F)CC4)cnc32)c1.CC(C)(C)CCC(=O)c1cncc(N2c3ncc(C(=O)N4CCC(F)(F)CC4)cc3OC(C)(C)C2(C)C)c1.CC(C)(C)CCC(=O)c1cncc(N2c3ncc(C(=O)N4CCC(F)(F)CC4)cc3OCC2(C)C)c1. The molecule has 0 aliphatic carbocycles. The van der Waals surface area contributed by atoms with Gasteiger partial charge in [-0.15, -0.1) is 0 Å². The minimum Gasteiger partial charge on any atom is -0.488 e. The summed E-state index contributed by atoms with van der Waals surface area (Å²) in [7, 11) is 0. The largest absolute Gasteiger partial charge is 0.488 e. The van der Waals surface area contributed by atoms with Gasteiger partial charge in [0.15, 0.2) is 69.4 Å². The Morgan fingerprint density at radius 1 is 0.312 bits per heavy atom. The van der Waals surface area contributed by atoms with Crippen LogP contribution in [0, 0.1) is 21.7 Å². The number of halogens is 8. The molecule has 28 nitrogen and oxygen atoms in total. The van der Waals surface area contributed by atoms with Gasteiger partial charge >= 0.3 is 0 Å². The summed E-state index contributed by atoms with van der Waals surface area (Å²) in [5.74, 6) is -8.40. The Morgan fingerprint density at radius 3 is 0.931 bits per heavy atom. The number of amides is 4. The second kappa shape index (κ2) is 42.3. The van der Waals surface area contributed by atoms with Crippen molar-refractivity contribution >= 4 is 92.8 Å². The third kappa shape index (κ3) is 27.4. The van der Waals surface area contributed by atoms with Gasteiger partial charge in [-0.1, -0.05) is 83.1 Å². The number of fused-ring (bicyclic) bond motifs is 4. The lowest BCUT2D eigenvalue weighted by Crippen LogP contribution is -2.62. The van der Waals surface area contributed by atoms with Crippen LogP contribution in [0.5, 0.6) is 23.0 Å². The molecule has 8 aliphatic rings. The first-order valence-electron chi connectivity index (χ1n) is 49.4. The van der Waals surface area contributed by atoms with Crippen LogP contribution in [0.4, 0.5) is 81.1 Å². The number of carbonyl (C=O) groups excluding carboxylic acids is 8. The normalized spacial score (nSPS) is 18.9. The Kier molecular flexibility index (Phi) is 32.0. The maximum absolute atomic E-state index is 13.6. The quantitative estimate of drug-likeness (QED) is 0.0505. The van der Waals surface area contributed by atoms with Crippen molar-refractivity contribution in [1.29, 1.82) is 0 Å². The van der Waals surface area contributed by atoms with E-state index in [1.807, 2.05) is 99.3 Å². The molecule has 4 fully saturated rings. The van der Waals surface area contributed by atoms with Gasteiger partial charge in [0.1, 0.15) is 24.4 Å². The van der Waals surface area contributed by atoms with Crippen molar-refractivity contribution in [3.63, 3.8) is 0 Å². The van der Waals surface area contributed by atoms with E-state index in [1.165, 1.54) is 44.4 Å². The fourth-order valence-electron chi connectivity index (χ4n) is 17.7. The first-order valence-corrected chi connectivity index (χ1v) is 49.4. The Hall–Kier alpha value is -12.4. The lowest BCUT2D eigenvalue weighted by atomic mass is 9.81. The highest BCUT2D eigenvalue weighted by Gasteiger charge is 2.52. The molecule has 0 spiro atoms. The van der Waals surface area contributed by atoms with Crippen molar-refractivity contribution in [2.75, 3.05) is 98.3 Å². The van der Waals surface area contributed by atoms with Crippen molar-refractivity contribution in [2.24, 2.45) is 21.7 Å². The van der Waals surface area contributed by atoms with E-state index in [2.05, 4.69) is 123 Å². The molecule has 4 amide bonds. The molecule has 776 valence electrons. The summed E-state index contributed by atoms with van der Waals surface area (Å²) in [5.41, 5.74) is 3.93. The van der Waals surface area contributed by atoms with Gasteiger partial charge in [-0.2, -0.15) is 0 Å². The van der Waals surface area contributed by atoms with E-state index in [0.717, 1.165) is 31.4 Å². The highest BCUT2D eigenvalue weighted by molar-refractivity contribution is 6.01. The average Bonchev–Trinajstić information content (AvgIpc) is 0.721. The van der Waals surface area contributed by atoms with Crippen molar-refractivity contribution in [1.82, 2.24) is 59.5 Å². The third-order valence-electron chi connectivity index (χ3n) is 27.2. The highest BCUT2D eigenvalue weighted by atomic mass is 19.3. The van der Waals surface area contributed by atoms with Crippen molar-refractivity contribution in [2.45, 2.75) is 287 Å². The fourth-order valence-corrected chi connectivity index (χ4v) is 17.7. The van der Waals surface area contributed by atoms with Gasteiger partial charge in [0.25, 0.3) is 47.3 Å². The number of hydrogen-bond donors (Lipinski definition) is 0. The average molecular weight is 2000 g/mol. The summed E-state index contributed by atoms with van der Waals surface area (Å²) in [4.78, 5) is 152. The molecular weight excluding hydrogens is 1870 g/mol. The number of nitrogens with zero attached hydrogens (tertiary/aromatic N) is 16. The second-order valence-corrected chi connectivity index (χ2v) is 45.8. The van der Waals surface area contributed by atoms with Crippen LogP contribution in [0.3, 0.4) is 0 Å². The third-order valence-corrected chi connectivity index (χ3v) is 27.2. The number of piperidine rings is 4. The summed E-state index contributed by atoms with van der Waals surface area (Å²) in [6.07, 6.45) is 21.0. The predicted octanol–water partition coefficient (Wildman–Crippen LogP) is 22.7. The van der Waals surface area contributed by atoms with Gasteiger partial charge in [0.05, 0.1) is 94.0 Å². The second-order valence-electron chi connectivity index (χ2n) is 45.8. The molecular formula is C108H136F8N16O12. The van der Waals surface area contributed by atoms with Crippen LogP contribution in [-0.4, -0.2) is 231 Å². The molecule has 0 N–H and O–H groups in total. The zero-order valence-electron chi connectivity index (χ0n) is 86.4. The molecule has 36 heteroatoms. The van der Waals surface area contributed by atoms with Gasteiger partial charge < -0.3 is 58.1 Å². The number of ether oxygens (including phenoxy) is 4. The minimum absolute atomic E-state index is 0.00307. The number of anilines is 8. The molecule has 16 heterocycles. The monoisotopic (exact) mass is 2000 g/mol. The van der Waals surface area contributed by atoms with Crippen LogP contribution in [-0.2, 0) is 0 Å². The van der Waals surface area contributed by atoms with Crippen molar-refractivity contribution in [3.05, 3.63) is 167 Å². The number of carbonyl (C=O) groups is 8. The molecule has 4 saturated heterocycles. The first-order chi connectivity index (χ1) is 67.0. The van der Waals surface area contributed by atoms with E-state index in [4.69, 9.17) is 18.9 Å². The molecule has 0 aromatic carbocycles. The first kappa shape index (κ1) is 109. The summed E-state index contributed by atoms with van der Waals surface area (Å²) < 4.78 is 132. The molecule has 8 aromatic heterocycles. The fraction of sp³-hybridized carbons (Fsp3) is 0.556. The Bertz CT molecular complexity index is 6050. The van der Waals surface area contributed by atoms with Crippen LogP contribution in [0.25, 0.3) is 0 Å². The minimum atomic E-state index is -2.74. The molecule has 0 saturated carbocycles. The Balaban J connectivity index is 0.000000161. The highest BCUT2D eigenvalue weighted by Crippen LogP contribution is 2.51. The molecule has 8 aliphatic heterocycles. The van der Waals surface area contributed by atoms with E-state index in [1.54, 1.807) is 73.8 Å². The number of aromatic nitrogens is 8. The van der Waals surface area contributed by atoms with Crippen LogP contribution < -0.4 is 38.5 Å². The Morgan fingerprint density at radius 2 is 0.590 bits per heavy atom. The summed E-state index contributed by atoms with van der Waals surface area (Å²) >= 11 is 0. The maximum Gasteiger partial charge on any atom is 0.255 e. The summed E-state index contributed by atoms with van der Waals surface area (Å²) in [6.45, 7) is 42.7. The van der Waals surface area contributed by atoms with Gasteiger partial charge in [-0.3, -0.25) is 58.3 Å². The molecule has 0 bridgehead atoms. The van der Waals surface area contributed by atoms with Gasteiger partial charge in [0, 0.05) is 201 Å². The zero-order chi connectivity index (χ0) is 105. The number of rotatable bonds is 20. The van der Waals surface area contributed by atoms with Gasteiger partial charge in [-0.25, -0.2) is 55.1 Å². The molecule has 0 unspecified atom stereocenters. The predicted molar refractivity (Wildman–Crippen MR) is 533 cm³/mol. The van der Waals surface area contributed by atoms with E-state index < -0.39 is 46.0 Å². The van der Waals surface area contributed by atoms with Crippen LogP contribution >= 0.6 is 0 Å². The lowest BCUT2D eigenvalue weighted by Gasteiger charge is -2.53. The van der Waals surface area contributed by atoms with E-state index >= 15 is 0 Å².